The van der Waals surface area contributed by atoms with Crippen LogP contribution in [0.5, 0.6) is 0 Å². The summed E-state index contributed by atoms with van der Waals surface area (Å²) in [6, 6.07) is 8.87. The molecule has 0 aliphatic carbocycles. The number of benzene rings is 2. The van der Waals surface area contributed by atoms with E-state index in [2.05, 4.69) is 0 Å². The highest BCUT2D eigenvalue weighted by atomic mass is 32.2. The summed E-state index contributed by atoms with van der Waals surface area (Å²) in [6.07, 6.45) is -0.179. The summed E-state index contributed by atoms with van der Waals surface area (Å²) >= 11 is 0. The number of carbonyl (C=O) groups is 1. The van der Waals surface area contributed by atoms with E-state index >= 15 is 0 Å². The van der Waals surface area contributed by atoms with E-state index in [1.54, 1.807) is 26.0 Å². The molecule has 0 saturated carbocycles. The molecule has 3 aromatic rings. The quantitative estimate of drug-likeness (QED) is 0.641. The Bertz CT molecular complexity index is 1360. The van der Waals surface area contributed by atoms with Gasteiger partial charge in [-0.2, -0.15) is 4.31 Å². The SMILES string of the molecule is CC1(C)OCC(CN2Cc3cc(-c4cn(C(=O)O)c5cc(F)ccc45)ccc3S2(=O)=O)O1. The van der Waals surface area contributed by atoms with Crippen LogP contribution in [0.15, 0.2) is 47.5 Å². The predicted molar refractivity (Wildman–Crippen MR) is 113 cm³/mol. The zero-order valence-corrected chi connectivity index (χ0v) is 18.2. The van der Waals surface area contributed by atoms with Crippen molar-refractivity contribution in [1.29, 1.82) is 0 Å². The third kappa shape index (κ3) is 3.39. The number of sulfonamides is 1. The van der Waals surface area contributed by atoms with Crippen LogP contribution in [-0.2, 0) is 26.0 Å². The number of ether oxygens (including phenoxy) is 2. The van der Waals surface area contributed by atoms with Crippen LogP contribution in [0.2, 0.25) is 0 Å². The molecule has 2 aliphatic heterocycles. The summed E-state index contributed by atoms with van der Waals surface area (Å²) in [5, 5.41) is 10.1. The molecule has 0 radical (unpaired) electrons. The molecule has 1 saturated heterocycles. The molecule has 1 unspecified atom stereocenters. The summed E-state index contributed by atoms with van der Waals surface area (Å²) < 4.78 is 53.4. The molecule has 2 aliphatic rings. The van der Waals surface area contributed by atoms with Crippen LogP contribution in [0, 0.1) is 5.82 Å². The minimum Gasteiger partial charge on any atom is -0.464 e. The average Bonchev–Trinajstić information content (AvgIpc) is 3.33. The second kappa shape index (κ2) is 7.11. The van der Waals surface area contributed by atoms with Gasteiger partial charge < -0.3 is 14.6 Å². The van der Waals surface area contributed by atoms with E-state index in [1.165, 1.54) is 28.7 Å². The van der Waals surface area contributed by atoms with Crippen molar-refractivity contribution in [3.05, 3.63) is 54.0 Å². The highest BCUT2D eigenvalue weighted by Crippen LogP contribution is 2.37. The lowest BCUT2D eigenvalue weighted by atomic mass is 10.0. The summed E-state index contributed by atoms with van der Waals surface area (Å²) in [5.74, 6) is -1.28. The first-order valence-electron chi connectivity index (χ1n) is 10.0. The third-order valence-electron chi connectivity index (χ3n) is 5.78. The van der Waals surface area contributed by atoms with Gasteiger partial charge in [-0.3, -0.25) is 4.57 Å². The normalized spacial score (nSPS) is 21.8. The Hall–Kier alpha value is -2.79. The molecular formula is C22H21FN2O6S. The number of hydrogen-bond donors (Lipinski definition) is 1. The molecule has 3 heterocycles. The topological polar surface area (TPSA) is 98.1 Å². The zero-order chi connectivity index (χ0) is 22.8. The maximum absolute atomic E-state index is 13.7. The Morgan fingerprint density at radius 2 is 2.03 bits per heavy atom. The minimum atomic E-state index is -3.68. The predicted octanol–water partition coefficient (Wildman–Crippen LogP) is 3.63. The highest BCUT2D eigenvalue weighted by molar-refractivity contribution is 7.89. The first-order valence-corrected chi connectivity index (χ1v) is 11.5. The number of carboxylic acid groups (broad SMARTS) is 1. The number of rotatable bonds is 3. The molecule has 0 amide bonds. The molecule has 32 heavy (non-hydrogen) atoms. The van der Waals surface area contributed by atoms with Crippen molar-refractivity contribution in [3.63, 3.8) is 0 Å². The van der Waals surface area contributed by atoms with E-state index in [0.717, 1.165) is 10.6 Å². The lowest BCUT2D eigenvalue weighted by Gasteiger charge is -2.20. The molecule has 1 atom stereocenters. The molecule has 168 valence electrons. The number of fused-ring (bicyclic) bond motifs is 2. The molecule has 0 spiro atoms. The average molecular weight is 460 g/mol. The van der Waals surface area contributed by atoms with Gasteiger partial charge >= 0.3 is 6.09 Å². The number of halogens is 1. The standard InChI is InChI=1S/C22H21FN2O6S/c1-22(2)30-12-16(31-22)10-24-9-14-7-13(3-6-20(14)32(24,28)29)18-11-25(21(26)27)19-8-15(23)4-5-17(18)19/h3-8,11,16H,9-10,12H2,1-2H3,(H,26,27). The van der Waals surface area contributed by atoms with Crippen LogP contribution >= 0.6 is 0 Å². The van der Waals surface area contributed by atoms with Crippen LogP contribution < -0.4 is 0 Å². The van der Waals surface area contributed by atoms with E-state index in [-0.39, 0.29) is 29.6 Å². The number of hydrogen-bond acceptors (Lipinski definition) is 5. The molecular weight excluding hydrogens is 439 g/mol. The molecule has 8 nitrogen and oxygen atoms in total. The lowest BCUT2D eigenvalue weighted by Crippen LogP contribution is -2.35. The monoisotopic (exact) mass is 460 g/mol. The van der Waals surface area contributed by atoms with Crippen molar-refractivity contribution in [1.82, 2.24) is 8.87 Å². The molecule has 5 rings (SSSR count). The van der Waals surface area contributed by atoms with Gasteiger partial charge in [0.05, 0.1) is 23.1 Å². The maximum Gasteiger partial charge on any atom is 0.416 e. The van der Waals surface area contributed by atoms with Crippen molar-refractivity contribution >= 4 is 27.0 Å². The third-order valence-corrected chi connectivity index (χ3v) is 7.70. The smallest absolute Gasteiger partial charge is 0.416 e. The fourth-order valence-corrected chi connectivity index (χ4v) is 6.01. The number of aromatic nitrogens is 1. The summed E-state index contributed by atoms with van der Waals surface area (Å²) in [7, 11) is -3.68. The second-order valence-electron chi connectivity index (χ2n) is 8.43. The molecule has 0 bridgehead atoms. The van der Waals surface area contributed by atoms with Gasteiger partial charge in [-0.05, 0) is 55.3 Å². The van der Waals surface area contributed by atoms with Crippen LogP contribution in [0.4, 0.5) is 9.18 Å². The minimum absolute atomic E-state index is 0.174. The molecule has 2 aromatic carbocycles. The fourth-order valence-electron chi connectivity index (χ4n) is 4.37. The van der Waals surface area contributed by atoms with Gasteiger partial charge in [0.2, 0.25) is 10.0 Å². The van der Waals surface area contributed by atoms with Gasteiger partial charge in [0.1, 0.15) is 5.82 Å². The molecule has 1 fully saturated rings. The Labute approximate surface area is 183 Å². The second-order valence-corrected chi connectivity index (χ2v) is 10.3. The van der Waals surface area contributed by atoms with Crippen LogP contribution in [0.3, 0.4) is 0 Å². The van der Waals surface area contributed by atoms with Gasteiger partial charge in [-0.15, -0.1) is 0 Å². The first-order chi connectivity index (χ1) is 15.0. The molecule has 1 N–H and O–H groups in total. The van der Waals surface area contributed by atoms with Gasteiger partial charge in [0.25, 0.3) is 0 Å². The van der Waals surface area contributed by atoms with E-state index in [1.807, 2.05) is 0 Å². The van der Waals surface area contributed by atoms with E-state index in [4.69, 9.17) is 9.47 Å². The van der Waals surface area contributed by atoms with Gasteiger partial charge in [0, 0.05) is 30.2 Å². The van der Waals surface area contributed by atoms with Gasteiger partial charge in [-0.25, -0.2) is 17.6 Å². The first kappa shape index (κ1) is 21.1. The molecule has 10 heteroatoms. The summed E-state index contributed by atoms with van der Waals surface area (Å²) in [6.45, 7) is 4.23. The Balaban J connectivity index is 1.51. The highest BCUT2D eigenvalue weighted by Gasteiger charge is 2.40. The van der Waals surface area contributed by atoms with Crippen molar-refractivity contribution in [3.8, 4) is 11.1 Å². The summed E-state index contributed by atoms with van der Waals surface area (Å²) in [4.78, 5) is 11.8. The van der Waals surface area contributed by atoms with Crippen molar-refractivity contribution in [2.45, 2.75) is 37.2 Å². The Kier molecular flexibility index (Phi) is 4.68. The lowest BCUT2D eigenvalue weighted by molar-refractivity contribution is -0.139. The Morgan fingerprint density at radius 1 is 1.25 bits per heavy atom. The van der Waals surface area contributed by atoms with Gasteiger partial charge in [-0.1, -0.05) is 6.07 Å². The van der Waals surface area contributed by atoms with E-state index in [9.17, 15) is 22.7 Å². The number of nitrogens with zero attached hydrogens (tertiary/aromatic N) is 2. The van der Waals surface area contributed by atoms with Crippen LogP contribution in [0.1, 0.15) is 19.4 Å². The van der Waals surface area contributed by atoms with Crippen LogP contribution in [0.25, 0.3) is 22.0 Å². The summed E-state index contributed by atoms with van der Waals surface area (Å²) in [5.41, 5.74) is 2.07. The van der Waals surface area contributed by atoms with Crippen molar-refractivity contribution < 1.29 is 32.2 Å². The van der Waals surface area contributed by atoms with E-state index in [0.29, 0.717) is 28.7 Å². The Morgan fingerprint density at radius 3 is 2.72 bits per heavy atom. The maximum atomic E-state index is 13.7. The van der Waals surface area contributed by atoms with Crippen molar-refractivity contribution in [2.75, 3.05) is 13.2 Å². The molecule has 1 aromatic heterocycles. The van der Waals surface area contributed by atoms with Gasteiger partial charge in [0.15, 0.2) is 5.79 Å². The zero-order valence-electron chi connectivity index (χ0n) is 17.4. The fraction of sp³-hybridized carbons (Fsp3) is 0.318. The van der Waals surface area contributed by atoms with Crippen molar-refractivity contribution in [2.24, 2.45) is 0 Å². The van der Waals surface area contributed by atoms with E-state index < -0.39 is 27.7 Å². The van der Waals surface area contributed by atoms with Crippen LogP contribution in [-0.4, -0.2) is 53.5 Å². The largest absolute Gasteiger partial charge is 0.464 e.